The number of nitrogens with one attached hydrogen (secondary N) is 2. The summed E-state index contributed by atoms with van der Waals surface area (Å²) in [7, 11) is 0. The first kappa shape index (κ1) is 97.4. The van der Waals surface area contributed by atoms with Gasteiger partial charge in [0, 0.05) is 19.8 Å². The van der Waals surface area contributed by atoms with Crippen molar-refractivity contribution in [2.75, 3.05) is 26.4 Å². The van der Waals surface area contributed by atoms with Gasteiger partial charge in [-0.15, -0.1) is 0 Å². The highest BCUT2D eigenvalue weighted by atomic mass is 16.8. The highest BCUT2D eigenvalue weighted by Gasteiger charge is 2.60. The standard InChI is InChI=1S/C83H154N2O21/c1-4-6-8-10-12-14-16-18-20-22-24-26-27-28-29-30-31-32-33-34-35-37-39-41-43-45-47-49-51-53-55-57-70(93)85-64(65(90)56-54-52-50-48-46-44-42-40-38-36-25-23-21-19-17-15-13-11-9-7-5-2)62-101-80-75(97)74(96)77(69(61-88)103-80)104-81-76(98)79(73(95)68(60-87)102-81)106-83(82(99)100)58-66(91)71(84-63(3)89)78(105-83)72(94)67(92)59-86/h28-29,54,56,64-69,71-81,86-88,90-92,94-98H,4-27,30-53,55,57-62H2,1-3H3,(H,84,89)(H,85,93)(H,99,100)/b29-28-,56-54+. The number of aliphatic carboxylic acids is 1. The van der Waals surface area contributed by atoms with Crippen LogP contribution in [0.1, 0.15) is 348 Å². The Morgan fingerprint density at radius 2 is 0.887 bits per heavy atom. The van der Waals surface area contributed by atoms with Crippen molar-refractivity contribution in [3.05, 3.63) is 24.3 Å². The van der Waals surface area contributed by atoms with Gasteiger partial charge < -0.3 is 100 Å². The third-order valence-electron chi connectivity index (χ3n) is 21.6. The minimum Gasteiger partial charge on any atom is -0.477 e. The fourth-order valence-corrected chi connectivity index (χ4v) is 14.9. The van der Waals surface area contributed by atoms with Crippen molar-refractivity contribution < 1.29 is 104 Å². The maximum atomic E-state index is 13.6. The molecule has 0 aliphatic carbocycles. The zero-order chi connectivity index (χ0) is 77.4. The summed E-state index contributed by atoms with van der Waals surface area (Å²) in [6.07, 6.45) is 40.8. The molecule has 0 bridgehead atoms. The fraction of sp³-hybridized carbons (Fsp3) is 0.916. The number of aliphatic hydroxyl groups excluding tert-OH is 11. The number of carbonyl (C=O) groups is 3. The van der Waals surface area contributed by atoms with Gasteiger partial charge in [-0.1, -0.05) is 308 Å². The summed E-state index contributed by atoms with van der Waals surface area (Å²) in [6.45, 7) is 2.20. The van der Waals surface area contributed by atoms with Crippen LogP contribution >= 0.6 is 0 Å². The highest BCUT2D eigenvalue weighted by molar-refractivity contribution is 5.77. The number of carboxylic acids is 1. The second kappa shape index (κ2) is 61.8. The lowest BCUT2D eigenvalue weighted by molar-refractivity contribution is -0.386. The van der Waals surface area contributed by atoms with E-state index in [0.29, 0.717) is 12.8 Å². The van der Waals surface area contributed by atoms with E-state index in [4.69, 9.17) is 28.4 Å². The van der Waals surface area contributed by atoms with Crippen molar-refractivity contribution in [3.63, 3.8) is 0 Å². The molecule has 23 nitrogen and oxygen atoms in total. The minimum absolute atomic E-state index is 0.203. The lowest BCUT2D eigenvalue weighted by Crippen LogP contribution is -2.70. The number of amides is 2. The van der Waals surface area contributed by atoms with E-state index >= 15 is 0 Å². The van der Waals surface area contributed by atoms with Crippen LogP contribution in [0.2, 0.25) is 0 Å². The average Bonchev–Trinajstić information content (AvgIpc) is 0.754. The molecule has 3 fully saturated rings. The molecule has 0 saturated carbocycles. The molecule has 3 heterocycles. The van der Waals surface area contributed by atoms with Crippen LogP contribution in [0, 0.1) is 0 Å². The molecule has 18 atom stereocenters. The molecule has 2 amide bonds. The quantitative estimate of drug-likeness (QED) is 0.0199. The number of unbranched alkanes of at least 4 members (excludes halogenated alkanes) is 46. The second-order valence-corrected chi connectivity index (χ2v) is 31.0. The maximum absolute atomic E-state index is 13.6. The van der Waals surface area contributed by atoms with Crippen LogP contribution in [0.4, 0.5) is 0 Å². The summed E-state index contributed by atoms with van der Waals surface area (Å²) in [5.74, 6) is -6.13. The van der Waals surface area contributed by atoms with Crippen molar-refractivity contribution in [1.29, 1.82) is 0 Å². The molecule has 3 rings (SSSR count). The van der Waals surface area contributed by atoms with Gasteiger partial charge in [0.15, 0.2) is 12.6 Å². The van der Waals surface area contributed by atoms with E-state index in [0.717, 1.165) is 51.9 Å². The fourth-order valence-electron chi connectivity index (χ4n) is 14.9. The largest absolute Gasteiger partial charge is 0.477 e. The third-order valence-corrected chi connectivity index (χ3v) is 21.6. The Bertz CT molecular complexity index is 2200. The molecular weight excluding hydrogens is 1360 g/mol. The van der Waals surface area contributed by atoms with Crippen LogP contribution in [-0.2, 0) is 42.8 Å². The zero-order valence-electron chi connectivity index (χ0n) is 66.1. The molecule has 622 valence electrons. The number of allylic oxidation sites excluding steroid dienone is 3. The maximum Gasteiger partial charge on any atom is 0.364 e. The van der Waals surface area contributed by atoms with E-state index < -0.39 is 155 Å². The van der Waals surface area contributed by atoms with Gasteiger partial charge in [-0.05, 0) is 44.9 Å². The number of ether oxygens (including phenoxy) is 6. The molecule has 3 saturated heterocycles. The van der Waals surface area contributed by atoms with Crippen LogP contribution in [0.15, 0.2) is 24.3 Å². The summed E-state index contributed by atoms with van der Waals surface area (Å²) in [4.78, 5) is 38.7. The normalized spacial score (nSPS) is 26.2. The van der Waals surface area contributed by atoms with Crippen molar-refractivity contribution in [1.82, 2.24) is 10.6 Å². The van der Waals surface area contributed by atoms with Crippen molar-refractivity contribution in [3.8, 4) is 0 Å². The number of aliphatic hydroxyl groups is 11. The van der Waals surface area contributed by atoms with E-state index in [-0.39, 0.29) is 12.3 Å². The number of hydrogen-bond acceptors (Lipinski definition) is 20. The minimum atomic E-state index is -3.08. The first-order chi connectivity index (χ1) is 51.4. The molecule has 18 unspecified atom stereocenters. The average molecular weight is 1520 g/mol. The van der Waals surface area contributed by atoms with Gasteiger partial charge in [0.1, 0.15) is 67.1 Å². The predicted octanol–water partition coefficient (Wildman–Crippen LogP) is 12.3. The SMILES string of the molecule is CCCCCCCCCCCCCC/C=C\CCCCCCCCCCCCCCCCCC(=O)NC(COC1OC(CO)C(OC2OC(CO)C(O)C(OC3(C(=O)O)CC(O)C(NC(C)=O)C(C(O)C(O)CO)O3)C2O)C(O)C1O)C(O)/C=C/CCCCCCCCCCCCCCCCCCCCC. The molecule has 3 aliphatic rings. The second-order valence-electron chi connectivity index (χ2n) is 31.0. The van der Waals surface area contributed by atoms with Gasteiger partial charge in [0.05, 0.1) is 50.7 Å². The molecule has 0 aromatic heterocycles. The first-order valence-electron chi connectivity index (χ1n) is 42.7. The molecule has 23 heteroatoms. The van der Waals surface area contributed by atoms with Crippen molar-refractivity contribution in [2.45, 2.75) is 458 Å². The van der Waals surface area contributed by atoms with E-state index in [1.807, 2.05) is 6.08 Å². The number of carboxylic acid groups (broad SMARTS) is 1. The van der Waals surface area contributed by atoms with E-state index in [9.17, 15) is 75.7 Å². The topological polar surface area (TPSA) is 373 Å². The molecule has 106 heavy (non-hydrogen) atoms. The lowest BCUT2D eigenvalue weighted by atomic mass is 9.88. The molecule has 0 spiro atoms. The number of hydrogen-bond donors (Lipinski definition) is 14. The monoisotopic (exact) mass is 1520 g/mol. The zero-order valence-corrected chi connectivity index (χ0v) is 66.1. The van der Waals surface area contributed by atoms with Crippen LogP contribution in [0.5, 0.6) is 0 Å². The van der Waals surface area contributed by atoms with E-state index in [1.54, 1.807) is 6.08 Å². The Morgan fingerprint density at radius 3 is 1.28 bits per heavy atom. The van der Waals surface area contributed by atoms with Gasteiger partial charge >= 0.3 is 5.97 Å². The number of rotatable bonds is 68. The van der Waals surface area contributed by atoms with Gasteiger partial charge in [-0.25, -0.2) is 4.79 Å². The molecule has 0 aromatic rings. The van der Waals surface area contributed by atoms with E-state index in [1.165, 1.54) is 257 Å². The summed E-state index contributed by atoms with van der Waals surface area (Å²) in [6, 6.07) is -2.62. The third kappa shape index (κ3) is 41.1. The van der Waals surface area contributed by atoms with Gasteiger partial charge in [-0.3, -0.25) is 9.59 Å². The summed E-state index contributed by atoms with van der Waals surface area (Å²) in [5.41, 5.74) is 0. The Hall–Kier alpha value is -2.79. The lowest BCUT2D eigenvalue weighted by Gasteiger charge is -2.50. The van der Waals surface area contributed by atoms with Crippen LogP contribution < -0.4 is 10.6 Å². The van der Waals surface area contributed by atoms with Crippen LogP contribution in [-0.4, -0.2) is 215 Å². The van der Waals surface area contributed by atoms with E-state index in [2.05, 4.69) is 36.6 Å². The Morgan fingerprint density at radius 1 is 0.491 bits per heavy atom. The Kier molecular flexibility index (Phi) is 56.7. The van der Waals surface area contributed by atoms with Crippen molar-refractivity contribution >= 4 is 17.8 Å². The first-order valence-corrected chi connectivity index (χ1v) is 42.7. The Balaban J connectivity index is 1.48. The molecule has 3 aliphatic heterocycles. The number of carbonyl (C=O) groups excluding carboxylic acids is 2. The Labute approximate surface area is 638 Å². The van der Waals surface area contributed by atoms with Crippen molar-refractivity contribution in [2.24, 2.45) is 0 Å². The van der Waals surface area contributed by atoms with Gasteiger partial charge in [0.25, 0.3) is 5.79 Å². The highest BCUT2D eigenvalue weighted by Crippen LogP contribution is 2.39. The van der Waals surface area contributed by atoms with Gasteiger partial charge in [0.2, 0.25) is 11.8 Å². The molecule has 0 radical (unpaired) electrons. The summed E-state index contributed by atoms with van der Waals surface area (Å²) < 4.78 is 34.9. The molecule has 14 N–H and O–H groups in total. The predicted molar refractivity (Wildman–Crippen MR) is 412 cm³/mol. The van der Waals surface area contributed by atoms with Gasteiger partial charge in [-0.2, -0.15) is 0 Å². The van der Waals surface area contributed by atoms with Crippen LogP contribution in [0.3, 0.4) is 0 Å². The summed E-state index contributed by atoms with van der Waals surface area (Å²) in [5, 5.41) is 137. The molecular formula is C83H154N2O21. The van der Waals surface area contributed by atoms with Crippen LogP contribution in [0.25, 0.3) is 0 Å². The molecule has 0 aromatic carbocycles. The smallest absolute Gasteiger partial charge is 0.364 e. The summed E-state index contributed by atoms with van der Waals surface area (Å²) >= 11 is 0.